The molecular formula is C37H46F3N5O6. The molecule has 0 unspecified atom stereocenters. The van der Waals surface area contributed by atoms with Gasteiger partial charge in [0.05, 0.1) is 36.0 Å². The van der Waals surface area contributed by atoms with E-state index in [0.29, 0.717) is 36.6 Å². The Morgan fingerprint density at radius 1 is 0.961 bits per heavy atom. The highest BCUT2D eigenvalue weighted by atomic mass is 19.4. The smallest absolute Gasteiger partial charge is 0.416 e. The van der Waals surface area contributed by atoms with Crippen LogP contribution >= 0.6 is 0 Å². The number of alkyl halides is 3. The number of ether oxygens (including phenoxy) is 2. The van der Waals surface area contributed by atoms with E-state index in [2.05, 4.69) is 16.0 Å². The zero-order valence-electron chi connectivity index (χ0n) is 29.2. The molecule has 4 rings (SSSR count). The molecule has 1 heterocycles. The van der Waals surface area contributed by atoms with Crippen molar-refractivity contribution in [3.05, 3.63) is 83.9 Å². The summed E-state index contributed by atoms with van der Waals surface area (Å²) in [6, 6.07) is 16.3. The molecule has 3 aromatic rings. The minimum Gasteiger partial charge on any atom is -0.490 e. The van der Waals surface area contributed by atoms with Crippen LogP contribution in [0.5, 0.6) is 5.75 Å². The van der Waals surface area contributed by atoms with Crippen LogP contribution in [0.1, 0.15) is 56.0 Å². The Bertz CT molecular complexity index is 1610. The third kappa shape index (κ3) is 11.3. The molecule has 0 aromatic heterocycles. The molecule has 1 aliphatic heterocycles. The van der Waals surface area contributed by atoms with Gasteiger partial charge in [-0.1, -0.05) is 25.1 Å². The Balaban J connectivity index is 1.55. The minimum absolute atomic E-state index is 0.115. The maximum atomic E-state index is 14.3. The Hall–Kier alpha value is -4.82. The van der Waals surface area contributed by atoms with E-state index in [1.54, 1.807) is 56.4 Å². The number of likely N-dealkylation sites (N-methyl/N-ethyl adjacent to an activating group) is 1. The number of rotatable bonds is 7. The van der Waals surface area contributed by atoms with Crippen molar-refractivity contribution in [1.82, 2.24) is 9.80 Å². The number of carbonyl (C=O) groups excluding carboxylic acids is 3. The van der Waals surface area contributed by atoms with Gasteiger partial charge in [0.15, 0.2) is 0 Å². The normalized spacial score (nSPS) is 19.5. The number of carbonyl (C=O) groups is 3. The first-order chi connectivity index (χ1) is 24.2. The highest BCUT2D eigenvalue weighted by Gasteiger charge is 2.32. The van der Waals surface area contributed by atoms with Gasteiger partial charge in [0.25, 0.3) is 5.91 Å². The second-order valence-corrected chi connectivity index (χ2v) is 12.8. The van der Waals surface area contributed by atoms with Crippen LogP contribution < -0.4 is 20.7 Å². The summed E-state index contributed by atoms with van der Waals surface area (Å²) >= 11 is 0. The molecule has 0 radical (unpaired) electrons. The summed E-state index contributed by atoms with van der Waals surface area (Å²) in [5.74, 6) is -0.427. The number of aliphatic hydroxyl groups is 1. The monoisotopic (exact) mass is 713 g/mol. The van der Waals surface area contributed by atoms with Gasteiger partial charge in [-0.3, -0.25) is 4.79 Å². The summed E-state index contributed by atoms with van der Waals surface area (Å²) in [5.41, 5.74) is 0.540. The van der Waals surface area contributed by atoms with E-state index in [0.717, 1.165) is 18.6 Å². The van der Waals surface area contributed by atoms with E-state index < -0.39 is 41.9 Å². The van der Waals surface area contributed by atoms with Crippen molar-refractivity contribution >= 4 is 35.0 Å². The summed E-state index contributed by atoms with van der Waals surface area (Å²) in [5, 5.41) is 18.3. The van der Waals surface area contributed by atoms with Gasteiger partial charge in [0, 0.05) is 49.7 Å². The first-order valence-corrected chi connectivity index (χ1v) is 16.9. The molecular weight excluding hydrogens is 667 g/mol. The number of para-hydroxylation sites is 1. The van der Waals surface area contributed by atoms with Gasteiger partial charge >= 0.3 is 18.2 Å². The van der Waals surface area contributed by atoms with E-state index in [1.807, 2.05) is 19.9 Å². The molecule has 1 aliphatic rings. The number of amides is 5. The molecule has 5 amide bonds. The van der Waals surface area contributed by atoms with E-state index >= 15 is 0 Å². The summed E-state index contributed by atoms with van der Waals surface area (Å²) < 4.78 is 51.5. The van der Waals surface area contributed by atoms with E-state index in [9.17, 15) is 32.7 Å². The fraction of sp³-hybridized carbons (Fsp3) is 0.432. The van der Waals surface area contributed by atoms with Crippen molar-refractivity contribution in [3.63, 3.8) is 0 Å². The highest BCUT2D eigenvalue weighted by Crippen LogP contribution is 2.31. The SMILES string of the molecule is C[C@@H]1CN([C@@H](C)CO)C(=O)c2cc(NC(=O)Nc3ccccc3)ccc2O[C@@H](C)CCCCO[C@H]1CN(C)C(=O)Nc1ccc(C(F)(F)F)cc1. The van der Waals surface area contributed by atoms with Gasteiger partial charge in [0.1, 0.15) is 5.75 Å². The van der Waals surface area contributed by atoms with Crippen molar-refractivity contribution < 1.29 is 42.1 Å². The molecule has 51 heavy (non-hydrogen) atoms. The van der Waals surface area contributed by atoms with Crippen molar-refractivity contribution in [2.75, 3.05) is 49.3 Å². The third-order valence-electron chi connectivity index (χ3n) is 8.61. The molecule has 276 valence electrons. The van der Waals surface area contributed by atoms with Crippen LogP contribution in [0.4, 0.5) is 39.8 Å². The predicted octanol–water partition coefficient (Wildman–Crippen LogP) is 7.31. The number of anilines is 3. The molecule has 0 saturated carbocycles. The second kappa shape index (κ2) is 17.9. The number of benzene rings is 3. The van der Waals surface area contributed by atoms with Crippen LogP contribution in [-0.4, -0.2) is 84.5 Å². The number of hydrogen-bond donors (Lipinski definition) is 4. The first kappa shape index (κ1) is 39.0. The number of urea groups is 2. The summed E-state index contributed by atoms with van der Waals surface area (Å²) in [6.45, 7) is 5.81. The van der Waals surface area contributed by atoms with Crippen LogP contribution in [0, 0.1) is 5.92 Å². The van der Waals surface area contributed by atoms with Crippen LogP contribution in [0.25, 0.3) is 0 Å². The molecule has 0 fully saturated rings. The number of nitrogens with one attached hydrogen (secondary N) is 3. The Kier molecular flexibility index (Phi) is 13.7. The summed E-state index contributed by atoms with van der Waals surface area (Å²) in [4.78, 5) is 43.1. The van der Waals surface area contributed by atoms with Gasteiger partial charge in [0.2, 0.25) is 0 Å². The number of hydrogen-bond acceptors (Lipinski definition) is 6. The topological polar surface area (TPSA) is 132 Å². The van der Waals surface area contributed by atoms with Gasteiger partial charge in [-0.15, -0.1) is 0 Å². The first-order valence-electron chi connectivity index (χ1n) is 16.9. The average Bonchev–Trinajstić information content (AvgIpc) is 3.09. The highest BCUT2D eigenvalue weighted by molar-refractivity contribution is 6.02. The molecule has 4 atom stereocenters. The fourth-order valence-electron chi connectivity index (χ4n) is 5.59. The van der Waals surface area contributed by atoms with Gasteiger partial charge in [-0.05, 0) is 87.7 Å². The lowest BCUT2D eigenvalue weighted by Crippen LogP contribution is -2.48. The molecule has 0 saturated heterocycles. The molecule has 0 spiro atoms. The van der Waals surface area contributed by atoms with Gasteiger partial charge in [-0.2, -0.15) is 13.2 Å². The fourth-order valence-corrected chi connectivity index (χ4v) is 5.59. The van der Waals surface area contributed by atoms with E-state index in [1.165, 1.54) is 21.9 Å². The maximum absolute atomic E-state index is 14.3. The van der Waals surface area contributed by atoms with Gasteiger partial charge < -0.3 is 40.3 Å². The lowest BCUT2D eigenvalue weighted by molar-refractivity contribution is -0.137. The van der Waals surface area contributed by atoms with E-state index in [-0.39, 0.29) is 43.0 Å². The van der Waals surface area contributed by atoms with Crippen LogP contribution in [-0.2, 0) is 10.9 Å². The summed E-state index contributed by atoms with van der Waals surface area (Å²) in [7, 11) is 1.55. The Labute approximate surface area is 296 Å². The Morgan fingerprint density at radius 3 is 2.27 bits per heavy atom. The zero-order chi connectivity index (χ0) is 37.1. The average molecular weight is 714 g/mol. The van der Waals surface area contributed by atoms with Gasteiger partial charge in [-0.25, -0.2) is 9.59 Å². The lowest BCUT2D eigenvalue weighted by atomic mass is 10.0. The quantitative estimate of drug-likeness (QED) is 0.203. The van der Waals surface area contributed by atoms with Crippen LogP contribution in [0.15, 0.2) is 72.8 Å². The molecule has 11 nitrogen and oxygen atoms in total. The lowest BCUT2D eigenvalue weighted by Gasteiger charge is -2.35. The van der Waals surface area contributed by atoms with Crippen molar-refractivity contribution in [2.24, 2.45) is 5.92 Å². The van der Waals surface area contributed by atoms with Crippen LogP contribution in [0.3, 0.4) is 0 Å². The predicted molar refractivity (Wildman–Crippen MR) is 189 cm³/mol. The summed E-state index contributed by atoms with van der Waals surface area (Å²) in [6.07, 6.45) is -3.14. The molecule has 3 aromatic carbocycles. The maximum Gasteiger partial charge on any atom is 0.416 e. The molecule has 4 N–H and O–H groups in total. The standard InChI is InChI=1S/C37H46F3N5O6/c1-24-21-45(25(2)23-46)34(47)31-20-30(42-35(48)41-28-11-6-5-7-12-28)17-18-32(31)51-26(3)10-8-9-19-50-33(24)22-44(4)36(49)43-29-15-13-27(14-16-29)37(38,39)40/h5-7,11-18,20,24-26,33,46H,8-10,19,21-23H2,1-4H3,(H,43,49)(H2,41,42,48)/t24-,25+,26+,33+/m1/s1. The largest absolute Gasteiger partial charge is 0.490 e. The number of halogens is 3. The van der Waals surface area contributed by atoms with Crippen LogP contribution in [0.2, 0.25) is 0 Å². The minimum atomic E-state index is -4.49. The number of fused-ring (bicyclic) bond motifs is 1. The Morgan fingerprint density at radius 2 is 1.61 bits per heavy atom. The molecule has 0 aliphatic carbocycles. The molecule has 14 heteroatoms. The van der Waals surface area contributed by atoms with E-state index in [4.69, 9.17) is 9.47 Å². The van der Waals surface area contributed by atoms with Crippen molar-refractivity contribution in [1.29, 1.82) is 0 Å². The third-order valence-corrected chi connectivity index (χ3v) is 8.61. The van der Waals surface area contributed by atoms with Crippen molar-refractivity contribution in [3.8, 4) is 5.75 Å². The number of nitrogens with zero attached hydrogens (tertiary/aromatic N) is 2. The van der Waals surface area contributed by atoms with Crippen molar-refractivity contribution in [2.45, 2.75) is 64.5 Å². The zero-order valence-corrected chi connectivity index (χ0v) is 29.2. The molecule has 0 bridgehead atoms. The number of aliphatic hydroxyl groups excluding tert-OH is 1. The second-order valence-electron chi connectivity index (χ2n) is 12.8.